The first-order valence-corrected chi connectivity index (χ1v) is 11.3. The van der Waals surface area contributed by atoms with Crippen LogP contribution >= 0.6 is 0 Å². The molecule has 5 nitrogen and oxygen atoms in total. The van der Waals surface area contributed by atoms with Crippen LogP contribution in [0.5, 0.6) is 0 Å². The van der Waals surface area contributed by atoms with Gasteiger partial charge in [-0.1, -0.05) is 19.4 Å². The van der Waals surface area contributed by atoms with Crippen molar-refractivity contribution < 1.29 is 23.9 Å². The normalized spacial score (nSPS) is 48.4. The Hall–Kier alpha value is -1.65. The Labute approximate surface area is 172 Å². The maximum atomic E-state index is 12.9. The minimum atomic E-state index is -0.347. The summed E-state index contributed by atoms with van der Waals surface area (Å²) in [6, 6.07) is 0. The minimum Gasteiger partial charge on any atom is -0.469 e. The molecule has 0 bridgehead atoms. The van der Waals surface area contributed by atoms with Crippen LogP contribution in [0.4, 0.5) is 0 Å². The van der Waals surface area contributed by atoms with Gasteiger partial charge in [0.2, 0.25) is 0 Å². The zero-order valence-corrected chi connectivity index (χ0v) is 17.8. The summed E-state index contributed by atoms with van der Waals surface area (Å²) >= 11 is 0. The molecule has 0 radical (unpaired) electrons. The molecule has 0 aromatic carbocycles. The molecule has 158 valence electrons. The van der Waals surface area contributed by atoms with E-state index >= 15 is 0 Å². The van der Waals surface area contributed by atoms with Crippen LogP contribution < -0.4 is 0 Å². The van der Waals surface area contributed by atoms with Crippen molar-refractivity contribution in [1.82, 2.24) is 0 Å². The topological polar surface area (TPSA) is 69.7 Å². The lowest BCUT2D eigenvalue weighted by atomic mass is 9.44. The lowest BCUT2D eigenvalue weighted by molar-refractivity contribution is -0.177. The van der Waals surface area contributed by atoms with Gasteiger partial charge in [0.05, 0.1) is 13.0 Å². The van der Waals surface area contributed by atoms with Crippen molar-refractivity contribution in [2.24, 2.45) is 34.5 Å². The summed E-state index contributed by atoms with van der Waals surface area (Å²) in [5.41, 5.74) is 0.732. The van der Waals surface area contributed by atoms with Crippen LogP contribution in [0.3, 0.4) is 0 Å². The average Bonchev–Trinajstić information content (AvgIpc) is 3.22. The number of hydrogen-bond donors (Lipinski definition) is 0. The van der Waals surface area contributed by atoms with Gasteiger partial charge in [-0.05, 0) is 74.2 Å². The van der Waals surface area contributed by atoms with E-state index in [2.05, 4.69) is 13.8 Å². The number of ether oxygens (including phenoxy) is 2. The van der Waals surface area contributed by atoms with Crippen molar-refractivity contribution in [1.29, 1.82) is 0 Å². The molecule has 1 heterocycles. The van der Waals surface area contributed by atoms with Gasteiger partial charge in [-0.15, -0.1) is 0 Å². The summed E-state index contributed by atoms with van der Waals surface area (Å²) in [5.74, 6) is 0.747. The van der Waals surface area contributed by atoms with Crippen LogP contribution in [0.2, 0.25) is 0 Å². The zero-order valence-electron chi connectivity index (χ0n) is 17.8. The van der Waals surface area contributed by atoms with Gasteiger partial charge in [-0.3, -0.25) is 14.4 Å². The lowest BCUT2D eigenvalue weighted by Crippen LogP contribution is -2.58. The summed E-state index contributed by atoms with van der Waals surface area (Å²) in [6.07, 6.45) is 9.25. The predicted octanol–water partition coefficient (Wildman–Crippen LogP) is 3.99. The first kappa shape index (κ1) is 19.3. The molecule has 1 spiro atoms. The zero-order chi connectivity index (χ0) is 20.6. The average molecular weight is 401 g/mol. The fourth-order valence-corrected chi connectivity index (χ4v) is 8.25. The van der Waals surface area contributed by atoms with Crippen LogP contribution in [0, 0.1) is 34.5 Å². The van der Waals surface area contributed by atoms with Gasteiger partial charge in [0.15, 0.2) is 5.78 Å². The standard InChI is InChI=1S/C24H32O5/c1-22-8-4-15(25)12-14(22)13-16(21(27)28-3)20-17(22)5-9-23(2)18(20)6-10-24(23)11-7-19(26)29-24/h12,16-18,20H,4-11,13H2,1-3H3/t16-,17?,18?,20?,22+,23+,24-/m1/s1. The van der Waals surface area contributed by atoms with E-state index < -0.39 is 0 Å². The molecule has 3 unspecified atom stereocenters. The highest BCUT2D eigenvalue weighted by atomic mass is 16.6. The third kappa shape index (κ3) is 2.42. The molecule has 5 aliphatic rings. The number of carbonyl (C=O) groups excluding carboxylic acids is 3. The predicted molar refractivity (Wildman–Crippen MR) is 106 cm³/mol. The van der Waals surface area contributed by atoms with Crippen molar-refractivity contribution in [3.05, 3.63) is 11.6 Å². The van der Waals surface area contributed by atoms with E-state index in [1.54, 1.807) is 0 Å². The molecular formula is C24H32O5. The maximum absolute atomic E-state index is 12.9. The highest BCUT2D eigenvalue weighted by Crippen LogP contribution is 2.70. The van der Waals surface area contributed by atoms with Gasteiger partial charge < -0.3 is 9.47 Å². The quantitative estimate of drug-likeness (QED) is 0.623. The van der Waals surface area contributed by atoms with Crippen LogP contribution in [0.1, 0.15) is 71.6 Å². The second kappa shape index (κ2) is 6.18. The van der Waals surface area contributed by atoms with E-state index in [0.29, 0.717) is 31.1 Å². The number of allylic oxidation sites excluding steroid dienone is 1. The Kier molecular flexibility index (Phi) is 4.12. The van der Waals surface area contributed by atoms with Gasteiger partial charge in [-0.25, -0.2) is 0 Å². The monoisotopic (exact) mass is 400 g/mol. The molecule has 0 aromatic rings. The number of ketones is 1. The van der Waals surface area contributed by atoms with Gasteiger partial charge in [0.25, 0.3) is 0 Å². The second-order valence-corrected chi connectivity index (χ2v) is 10.6. The Bertz CT molecular complexity index is 814. The fourth-order valence-electron chi connectivity index (χ4n) is 8.25. The van der Waals surface area contributed by atoms with Gasteiger partial charge in [0, 0.05) is 18.3 Å². The second-order valence-electron chi connectivity index (χ2n) is 10.6. The molecule has 0 aromatic heterocycles. The van der Waals surface area contributed by atoms with Crippen molar-refractivity contribution in [3.63, 3.8) is 0 Å². The highest BCUT2D eigenvalue weighted by molar-refractivity contribution is 5.92. The van der Waals surface area contributed by atoms with E-state index in [4.69, 9.17) is 9.47 Å². The molecule has 0 N–H and O–H groups in total. The molecule has 1 aliphatic heterocycles. The van der Waals surface area contributed by atoms with Crippen molar-refractivity contribution in [3.8, 4) is 0 Å². The number of hydrogen-bond acceptors (Lipinski definition) is 5. The Balaban J connectivity index is 1.58. The number of esters is 2. The fraction of sp³-hybridized carbons (Fsp3) is 0.792. The van der Waals surface area contributed by atoms with Gasteiger partial charge in [0.1, 0.15) is 5.60 Å². The first-order chi connectivity index (χ1) is 13.7. The first-order valence-electron chi connectivity index (χ1n) is 11.3. The third-order valence-corrected chi connectivity index (χ3v) is 9.85. The molecule has 5 heteroatoms. The van der Waals surface area contributed by atoms with Gasteiger partial charge >= 0.3 is 11.9 Å². The van der Waals surface area contributed by atoms with E-state index in [1.807, 2.05) is 6.08 Å². The molecule has 7 atom stereocenters. The number of methoxy groups -OCH3 is 1. The van der Waals surface area contributed by atoms with E-state index in [0.717, 1.165) is 44.1 Å². The molecule has 3 saturated carbocycles. The van der Waals surface area contributed by atoms with E-state index in [1.165, 1.54) is 7.11 Å². The molecule has 5 rings (SSSR count). The Morgan fingerprint density at radius 2 is 1.83 bits per heavy atom. The summed E-state index contributed by atoms with van der Waals surface area (Å²) < 4.78 is 11.3. The largest absolute Gasteiger partial charge is 0.469 e. The number of rotatable bonds is 1. The summed E-state index contributed by atoms with van der Waals surface area (Å²) in [6.45, 7) is 4.63. The van der Waals surface area contributed by atoms with E-state index in [-0.39, 0.29) is 46.0 Å². The molecule has 29 heavy (non-hydrogen) atoms. The van der Waals surface area contributed by atoms with E-state index in [9.17, 15) is 14.4 Å². The molecule has 4 fully saturated rings. The third-order valence-electron chi connectivity index (χ3n) is 9.85. The SMILES string of the molecule is COC(=O)[C@@H]1CC2=CC(=O)CC[C@]2(C)C2CC[C@@]3(C)C(CC[C@@]34CCC(=O)O4)C21. The number of carbonyl (C=O) groups is 3. The van der Waals surface area contributed by atoms with Crippen LogP contribution in [0.25, 0.3) is 0 Å². The molecular weight excluding hydrogens is 368 g/mol. The highest BCUT2D eigenvalue weighted by Gasteiger charge is 2.69. The molecule has 4 aliphatic carbocycles. The Morgan fingerprint density at radius 3 is 2.52 bits per heavy atom. The van der Waals surface area contributed by atoms with Crippen molar-refractivity contribution in [2.45, 2.75) is 77.2 Å². The van der Waals surface area contributed by atoms with Crippen molar-refractivity contribution >= 4 is 17.7 Å². The summed E-state index contributed by atoms with van der Waals surface area (Å²) in [5, 5.41) is 0. The smallest absolute Gasteiger partial charge is 0.309 e. The van der Waals surface area contributed by atoms with Crippen LogP contribution in [0.15, 0.2) is 11.6 Å². The lowest BCUT2D eigenvalue weighted by Gasteiger charge is -2.60. The summed E-state index contributed by atoms with van der Waals surface area (Å²) in [7, 11) is 1.47. The number of fused-ring (bicyclic) bond motifs is 6. The Morgan fingerprint density at radius 1 is 1.07 bits per heavy atom. The summed E-state index contributed by atoms with van der Waals surface area (Å²) in [4.78, 5) is 37.1. The van der Waals surface area contributed by atoms with Crippen LogP contribution in [-0.2, 0) is 23.9 Å². The minimum absolute atomic E-state index is 0.00741. The molecule has 0 amide bonds. The van der Waals surface area contributed by atoms with Crippen molar-refractivity contribution in [2.75, 3.05) is 7.11 Å². The molecule has 1 saturated heterocycles. The maximum Gasteiger partial charge on any atom is 0.309 e. The van der Waals surface area contributed by atoms with Gasteiger partial charge in [-0.2, -0.15) is 0 Å². The van der Waals surface area contributed by atoms with Crippen LogP contribution in [-0.4, -0.2) is 30.4 Å².